The van der Waals surface area contributed by atoms with E-state index in [-0.39, 0.29) is 0 Å². The Hall–Kier alpha value is -9.39. The quantitative estimate of drug-likeness (QED) is 0.159. The van der Waals surface area contributed by atoms with Gasteiger partial charge in [0, 0.05) is 60.3 Å². The molecule has 0 saturated heterocycles. The lowest BCUT2D eigenvalue weighted by molar-refractivity contribution is 0.669. The van der Waals surface area contributed by atoms with Gasteiger partial charge in [-0.15, -0.1) is 0 Å². The normalized spacial score (nSPS) is 11.8. The van der Waals surface area contributed by atoms with Gasteiger partial charge in [-0.1, -0.05) is 176 Å². The molecule has 0 N–H and O–H groups in total. The highest BCUT2D eigenvalue weighted by atomic mass is 16.3. The maximum atomic E-state index is 6.53. The molecule has 0 radical (unpaired) electrons. The summed E-state index contributed by atoms with van der Waals surface area (Å²) in [5, 5.41) is 6.63. The fourth-order valence-corrected chi connectivity index (χ4v) is 10.2. The average molecular weight is 883 g/mol. The van der Waals surface area contributed by atoms with Crippen molar-refractivity contribution in [1.29, 1.82) is 0 Å². The molecule has 6 heteroatoms. The first-order valence-corrected chi connectivity index (χ1v) is 23.2. The summed E-state index contributed by atoms with van der Waals surface area (Å²) >= 11 is 0. The Morgan fingerprint density at radius 3 is 1.59 bits per heavy atom. The van der Waals surface area contributed by atoms with Crippen LogP contribution in [0.25, 0.3) is 139 Å². The summed E-state index contributed by atoms with van der Waals surface area (Å²) in [6.07, 6.45) is 0. The molecular weight excluding hydrogens is 845 g/mol. The van der Waals surface area contributed by atoms with E-state index in [0.29, 0.717) is 17.5 Å². The Labute approximate surface area is 396 Å². The number of benzene rings is 10. The summed E-state index contributed by atoms with van der Waals surface area (Å²) in [4.78, 5) is 15.4. The van der Waals surface area contributed by atoms with Crippen molar-refractivity contribution < 1.29 is 8.83 Å². The van der Waals surface area contributed by atoms with E-state index in [1.807, 2.05) is 60.7 Å². The molecule has 0 fully saturated rings. The number of hydrogen-bond donors (Lipinski definition) is 0. The van der Waals surface area contributed by atoms with Crippen molar-refractivity contribution in [2.75, 3.05) is 0 Å². The van der Waals surface area contributed by atoms with Crippen LogP contribution in [-0.2, 0) is 0 Å². The molecule has 0 spiro atoms. The lowest BCUT2D eigenvalue weighted by Crippen LogP contribution is -2.00. The van der Waals surface area contributed by atoms with Crippen LogP contribution in [0.4, 0.5) is 0 Å². The zero-order valence-electron chi connectivity index (χ0n) is 37.0. The molecule has 0 amide bonds. The summed E-state index contributed by atoms with van der Waals surface area (Å²) in [6, 6.07) is 80.4. The average Bonchev–Trinajstić information content (AvgIpc) is 4.11. The van der Waals surface area contributed by atoms with E-state index in [0.717, 1.165) is 94.1 Å². The zero-order valence-corrected chi connectivity index (χ0v) is 37.0. The molecule has 4 heterocycles. The lowest BCUT2D eigenvalue weighted by atomic mass is 9.97. The second-order valence-corrected chi connectivity index (χ2v) is 17.5. The van der Waals surface area contributed by atoms with Crippen LogP contribution in [0.5, 0.6) is 0 Å². The zero-order chi connectivity index (χ0) is 45.4. The largest absolute Gasteiger partial charge is 0.456 e. The summed E-state index contributed by atoms with van der Waals surface area (Å²) in [7, 11) is 0. The summed E-state index contributed by atoms with van der Waals surface area (Å²) in [5.41, 5.74) is 16.1. The monoisotopic (exact) mass is 882 g/mol. The maximum Gasteiger partial charge on any atom is 0.164 e. The minimum atomic E-state index is 0.571. The highest BCUT2D eigenvalue weighted by molar-refractivity contribution is 6.14. The van der Waals surface area contributed by atoms with Crippen LogP contribution in [-0.4, -0.2) is 19.5 Å². The van der Waals surface area contributed by atoms with E-state index in [1.54, 1.807) is 0 Å². The van der Waals surface area contributed by atoms with E-state index in [1.165, 1.54) is 27.4 Å². The third-order valence-electron chi connectivity index (χ3n) is 13.5. The van der Waals surface area contributed by atoms with Crippen LogP contribution >= 0.6 is 0 Å². The van der Waals surface area contributed by atoms with Crippen molar-refractivity contribution >= 4 is 65.7 Å². The highest BCUT2D eigenvalue weighted by Gasteiger charge is 2.20. The minimum absolute atomic E-state index is 0.571. The second-order valence-electron chi connectivity index (χ2n) is 17.5. The SMILES string of the molecule is c1ccc(-c2nc(-c3ccc(-c4cccc5c4oc4ccccc45)cc3)nc(-c3cccc4oc5ccc(-c6ccc(-c7ccc8c(c7)c7ccccc7n8-c7ccccc7)cc6)cc5c34)n2)cc1. The highest BCUT2D eigenvalue weighted by Crippen LogP contribution is 2.41. The molecule has 10 aromatic carbocycles. The number of hydrogen-bond acceptors (Lipinski definition) is 5. The number of aromatic nitrogens is 4. The van der Waals surface area contributed by atoms with Crippen molar-refractivity contribution in [3.8, 4) is 73.2 Å². The summed E-state index contributed by atoms with van der Waals surface area (Å²) < 4.78 is 15.3. The molecule has 14 rings (SSSR count). The molecule has 0 saturated carbocycles. The van der Waals surface area contributed by atoms with Crippen LogP contribution < -0.4 is 0 Å². The first kappa shape index (κ1) is 38.8. The van der Waals surface area contributed by atoms with Gasteiger partial charge in [0.2, 0.25) is 0 Å². The van der Waals surface area contributed by atoms with Gasteiger partial charge >= 0.3 is 0 Å². The van der Waals surface area contributed by atoms with Crippen molar-refractivity contribution in [1.82, 2.24) is 19.5 Å². The molecule has 0 aliphatic carbocycles. The Morgan fingerprint density at radius 2 is 0.812 bits per heavy atom. The number of rotatable bonds is 7. The van der Waals surface area contributed by atoms with Crippen LogP contribution in [0.2, 0.25) is 0 Å². The molecule has 4 aromatic heterocycles. The van der Waals surface area contributed by atoms with Gasteiger partial charge in [0.15, 0.2) is 17.5 Å². The topological polar surface area (TPSA) is 69.9 Å². The van der Waals surface area contributed by atoms with Gasteiger partial charge in [-0.25, -0.2) is 15.0 Å². The van der Waals surface area contributed by atoms with Gasteiger partial charge in [-0.2, -0.15) is 0 Å². The first-order valence-electron chi connectivity index (χ1n) is 23.2. The van der Waals surface area contributed by atoms with Crippen LogP contribution in [0.3, 0.4) is 0 Å². The number of furan rings is 2. The van der Waals surface area contributed by atoms with E-state index in [9.17, 15) is 0 Å². The molecule has 0 bridgehead atoms. The first-order chi connectivity index (χ1) is 34.2. The van der Waals surface area contributed by atoms with Gasteiger partial charge in [0.05, 0.1) is 11.0 Å². The number of nitrogens with zero attached hydrogens (tertiary/aromatic N) is 4. The Balaban J connectivity index is 0.836. The molecule has 322 valence electrons. The third-order valence-corrected chi connectivity index (χ3v) is 13.5. The van der Waals surface area contributed by atoms with Crippen molar-refractivity contribution in [3.05, 3.63) is 231 Å². The van der Waals surface area contributed by atoms with E-state index in [4.69, 9.17) is 23.8 Å². The fourth-order valence-electron chi connectivity index (χ4n) is 10.2. The van der Waals surface area contributed by atoms with Crippen LogP contribution in [0.15, 0.2) is 239 Å². The Morgan fingerprint density at radius 1 is 0.290 bits per heavy atom. The summed E-state index contributed by atoms with van der Waals surface area (Å²) in [6.45, 7) is 0. The van der Waals surface area contributed by atoms with E-state index >= 15 is 0 Å². The molecule has 6 nitrogen and oxygen atoms in total. The van der Waals surface area contributed by atoms with Gasteiger partial charge in [0.1, 0.15) is 22.3 Å². The van der Waals surface area contributed by atoms with Gasteiger partial charge in [0.25, 0.3) is 0 Å². The molecule has 0 aliphatic heterocycles. The molecule has 14 aromatic rings. The minimum Gasteiger partial charge on any atom is -0.456 e. The predicted molar refractivity (Wildman–Crippen MR) is 281 cm³/mol. The van der Waals surface area contributed by atoms with E-state index < -0.39 is 0 Å². The van der Waals surface area contributed by atoms with Crippen molar-refractivity contribution in [3.63, 3.8) is 0 Å². The molecule has 0 aliphatic rings. The predicted octanol–water partition coefficient (Wildman–Crippen LogP) is 16.8. The maximum absolute atomic E-state index is 6.53. The van der Waals surface area contributed by atoms with Gasteiger partial charge in [-0.3, -0.25) is 0 Å². The smallest absolute Gasteiger partial charge is 0.164 e. The molecule has 69 heavy (non-hydrogen) atoms. The van der Waals surface area contributed by atoms with Crippen molar-refractivity contribution in [2.45, 2.75) is 0 Å². The van der Waals surface area contributed by atoms with Crippen LogP contribution in [0, 0.1) is 0 Å². The number of fused-ring (bicyclic) bond motifs is 9. The fraction of sp³-hybridized carbons (Fsp3) is 0. The molecule has 0 unspecified atom stereocenters. The van der Waals surface area contributed by atoms with Crippen LogP contribution in [0.1, 0.15) is 0 Å². The Bertz CT molecular complexity index is 4280. The number of para-hydroxylation sites is 4. The lowest BCUT2D eigenvalue weighted by Gasteiger charge is -2.10. The van der Waals surface area contributed by atoms with E-state index in [2.05, 4.69) is 174 Å². The standard InChI is InChI=1S/C63H38N4O2/c1-3-13-42(14-4-1)61-64-62(43-31-29-41(30-32-43)47-19-11-20-50-49-18-8-10-23-56(49)69-60(47)50)66-63(65-61)51-21-12-24-58-59(51)53-38-45(34-36-57(53)68-58)40-27-25-39(26-28-40)44-33-35-55-52(37-44)48-17-7-9-22-54(48)67(55)46-15-5-2-6-16-46/h1-38H. The van der Waals surface area contributed by atoms with Crippen molar-refractivity contribution in [2.24, 2.45) is 0 Å². The Kier molecular flexibility index (Phi) is 8.79. The van der Waals surface area contributed by atoms with Gasteiger partial charge < -0.3 is 13.4 Å². The molecule has 0 atom stereocenters. The van der Waals surface area contributed by atoms with Gasteiger partial charge in [-0.05, 0) is 82.4 Å². The molecular formula is C63H38N4O2. The second kappa shape index (κ2) is 15.6. The third kappa shape index (κ3) is 6.45. The summed E-state index contributed by atoms with van der Waals surface area (Å²) in [5.74, 6) is 1.75.